The average molecular weight is 460 g/mol. The summed E-state index contributed by atoms with van der Waals surface area (Å²) in [5.41, 5.74) is 1.31. The molecule has 1 fully saturated rings. The number of hydrogen-bond acceptors (Lipinski definition) is 3. The van der Waals surface area contributed by atoms with Crippen molar-refractivity contribution in [3.8, 4) is 0 Å². The zero-order valence-electron chi connectivity index (χ0n) is 15.9. The van der Waals surface area contributed by atoms with E-state index in [-0.39, 0.29) is 29.4 Å². The Kier molecular flexibility index (Phi) is 9.71. The normalized spacial score (nSPS) is 21.8. The van der Waals surface area contributed by atoms with Crippen molar-refractivity contribution in [3.05, 3.63) is 30.1 Å². The molecule has 2 unspecified atom stereocenters. The van der Waals surface area contributed by atoms with Gasteiger partial charge < -0.3 is 15.4 Å². The standard InChI is InChI=1S/C19H32N4O.HI/c1-5-19(6-2)16(14-17(19)24-7-3)23-18(20-4)22-13-11-15-10-8-9-12-21-15;/h8-10,12,16-17H,5-7,11,13-14H2,1-4H3,(H2,20,22,23);1H. The highest BCUT2D eigenvalue weighted by atomic mass is 127. The van der Waals surface area contributed by atoms with Crippen LogP contribution in [0.5, 0.6) is 0 Å². The predicted octanol–water partition coefficient (Wildman–Crippen LogP) is 3.39. The van der Waals surface area contributed by atoms with Gasteiger partial charge in [0.25, 0.3) is 0 Å². The molecule has 0 aromatic carbocycles. The highest BCUT2D eigenvalue weighted by Gasteiger charge is 2.53. The van der Waals surface area contributed by atoms with E-state index < -0.39 is 0 Å². The molecule has 0 saturated heterocycles. The van der Waals surface area contributed by atoms with Crippen molar-refractivity contribution in [1.29, 1.82) is 0 Å². The molecule has 25 heavy (non-hydrogen) atoms. The fourth-order valence-electron chi connectivity index (χ4n) is 3.80. The lowest BCUT2D eigenvalue weighted by Crippen LogP contribution is -2.65. The molecular weight excluding hydrogens is 427 g/mol. The first kappa shape index (κ1) is 22.2. The maximum absolute atomic E-state index is 5.95. The Morgan fingerprint density at radius 1 is 1.32 bits per heavy atom. The van der Waals surface area contributed by atoms with E-state index in [1.165, 1.54) is 0 Å². The molecule has 0 aliphatic heterocycles. The van der Waals surface area contributed by atoms with Crippen molar-refractivity contribution in [3.63, 3.8) is 0 Å². The third kappa shape index (κ3) is 5.29. The second-order valence-corrected chi connectivity index (χ2v) is 6.39. The van der Waals surface area contributed by atoms with Gasteiger partial charge in [-0.1, -0.05) is 19.9 Å². The summed E-state index contributed by atoms with van der Waals surface area (Å²) >= 11 is 0. The van der Waals surface area contributed by atoms with Crippen LogP contribution in [-0.2, 0) is 11.2 Å². The van der Waals surface area contributed by atoms with Crippen LogP contribution in [0, 0.1) is 5.41 Å². The number of ether oxygens (including phenoxy) is 1. The second-order valence-electron chi connectivity index (χ2n) is 6.39. The zero-order chi connectivity index (χ0) is 17.4. The van der Waals surface area contributed by atoms with Gasteiger partial charge in [0.2, 0.25) is 0 Å². The van der Waals surface area contributed by atoms with Crippen LogP contribution in [0.1, 0.15) is 45.7 Å². The van der Waals surface area contributed by atoms with Gasteiger partial charge in [-0.25, -0.2) is 0 Å². The molecule has 0 radical (unpaired) electrons. The van der Waals surface area contributed by atoms with E-state index in [9.17, 15) is 0 Å². The molecule has 1 heterocycles. The Morgan fingerprint density at radius 3 is 2.64 bits per heavy atom. The molecule has 0 spiro atoms. The lowest BCUT2D eigenvalue weighted by Gasteiger charge is -2.55. The van der Waals surface area contributed by atoms with E-state index in [1.807, 2.05) is 25.4 Å². The number of nitrogens with one attached hydrogen (secondary N) is 2. The van der Waals surface area contributed by atoms with E-state index in [2.05, 4.69) is 47.4 Å². The van der Waals surface area contributed by atoms with Crippen molar-refractivity contribution >= 4 is 29.9 Å². The number of pyridine rings is 1. The fourth-order valence-corrected chi connectivity index (χ4v) is 3.80. The summed E-state index contributed by atoms with van der Waals surface area (Å²) in [5.74, 6) is 0.872. The molecule has 1 aromatic rings. The van der Waals surface area contributed by atoms with E-state index >= 15 is 0 Å². The first-order valence-corrected chi connectivity index (χ1v) is 9.18. The first-order valence-electron chi connectivity index (χ1n) is 9.18. The molecule has 5 nitrogen and oxygen atoms in total. The van der Waals surface area contributed by atoms with Gasteiger partial charge in [-0.3, -0.25) is 9.98 Å². The molecule has 2 N–H and O–H groups in total. The van der Waals surface area contributed by atoms with Gasteiger partial charge in [-0.05, 0) is 38.3 Å². The van der Waals surface area contributed by atoms with Crippen molar-refractivity contribution in [2.24, 2.45) is 10.4 Å². The topological polar surface area (TPSA) is 58.5 Å². The van der Waals surface area contributed by atoms with Gasteiger partial charge in [-0.15, -0.1) is 24.0 Å². The highest BCUT2D eigenvalue weighted by molar-refractivity contribution is 14.0. The van der Waals surface area contributed by atoms with Gasteiger partial charge in [0, 0.05) is 50.0 Å². The number of rotatable bonds is 8. The smallest absolute Gasteiger partial charge is 0.191 e. The molecule has 1 aliphatic carbocycles. The minimum Gasteiger partial charge on any atom is -0.378 e. The molecule has 0 bridgehead atoms. The maximum Gasteiger partial charge on any atom is 0.191 e. The number of halogens is 1. The second kappa shape index (κ2) is 11.0. The Morgan fingerprint density at radius 2 is 2.08 bits per heavy atom. The van der Waals surface area contributed by atoms with Crippen molar-refractivity contribution in [1.82, 2.24) is 15.6 Å². The van der Waals surface area contributed by atoms with E-state index in [0.717, 1.165) is 50.5 Å². The van der Waals surface area contributed by atoms with Crippen LogP contribution >= 0.6 is 24.0 Å². The molecule has 2 atom stereocenters. The van der Waals surface area contributed by atoms with E-state index in [4.69, 9.17) is 4.74 Å². The summed E-state index contributed by atoms with van der Waals surface area (Å²) in [6, 6.07) is 6.44. The molecule has 1 saturated carbocycles. The SMILES string of the molecule is CCOC1CC(NC(=NC)NCCc2ccccn2)C1(CC)CC.I. The first-order chi connectivity index (χ1) is 11.7. The summed E-state index contributed by atoms with van der Waals surface area (Å²) in [6.45, 7) is 8.22. The largest absolute Gasteiger partial charge is 0.378 e. The van der Waals surface area contributed by atoms with Gasteiger partial charge in [0.05, 0.1) is 6.10 Å². The Hall–Kier alpha value is -0.890. The molecule has 1 aromatic heterocycles. The zero-order valence-corrected chi connectivity index (χ0v) is 18.2. The molecule has 1 aliphatic rings. The molecular formula is C19H33IN4O. The summed E-state index contributed by atoms with van der Waals surface area (Å²) in [4.78, 5) is 8.73. The number of nitrogens with zero attached hydrogens (tertiary/aromatic N) is 2. The average Bonchev–Trinajstić information content (AvgIpc) is 2.61. The molecule has 6 heteroatoms. The van der Waals surface area contributed by atoms with Crippen molar-refractivity contribution < 1.29 is 4.74 Å². The fraction of sp³-hybridized carbons (Fsp3) is 0.684. The number of aromatic nitrogens is 1. The Labute approximate surface area is 169 Å². The van der Waals surface area contributed by atoms with Crippen molar-refractivity contribution in [2.45, 2.75) is 58.6 Å². The lowest BCUT2D eigenvalue weighted by atomic mass is 9.58. The molecule has 0 amide bonds. The van der Waals surface area contributed by atoms with Crippen LogP contribution in [0.25, 0.3) is 0 Å². The van der Waals surface area contributed by atoms with Crippen molar-refractivity contribution in [2.75, 3.05) is 20.2 Å². The van der Waals surface area contributed by atoms with E-state index in [1.54, 1.807) is 0 Å². The minimum atomic E-state index is 0. The van der Waals surface area contributed by atoms with Crippen LogP contribution in [0.15, 0.2) is 29.4 Å². The third-order valence-corrected chi connectivity index (χ3v) is 5.40. The summed E-state index contributed by atoms with van der Waals surface area (Å²) in [7, 11) is 1.83. The van der Waals surface area contributed by atoms with Crippen LogP contribution in [0.2, 0.25) is 0 Å². The minimum absolute atomic E-state index is 0. The summed E-state index contributed by atoms with van der Waals surface area (Å²) in [6.07, 6.45) is 6.38. The molecule has 142 valence electrons. The van der Waals surface area contributed by atoms with Crippen LogP contribution in [0.3, 0.4) is 0 Å². The Bertz CT molecular complexity index is 519. The number of guanidine groups is 1. The Balaban J connectivity index is 0.00000312. The van der Waals surface area contributed by atoms with Gasteiger partial charge in [-0.2, -0.15) is 0 Å². The van der Waals surface area contributed by atoms with Gasteiger partial charge in [0.1, 0.15) is 0 Å². The van der Waals surface area contributed by atoms with Gasteiger partial charge >= 0.3 is 0 Å². The lowest BCUT2D eigenvalue weighted by molar-refractivity contribution is -0.133. The predicted molar refractivity (Wildman–Crippen MR) is 115 cm³/mol. The highest BCUT2D eigenvalue weighted by Crippen LogP contribution is 2.48. The van der Waals surface area contributed by atoms with E-state index in [0.29, 0.717) is 12.1 Å². The summed E-state index contributed by atoms with van der Waals surface area (Å²) in [5, 5.41) is 7.02. The maximum atomic E-state index is 5.95. The third-order valence-electron chi connectivity index (χ3n) is 5.40. The van der Waals surface area contributed by atoms with Crippen LogP contribution in [0.4, 0.5) is 0 Å². The number of aliphatic imine (C=N–C) groups is 1. The number of hydrogen-bond donors (Lipinski definition) is 2. The van der Waals surface area contributed by atoms with Gasteiger partial charge in [0.15, 0.2) is 5.96 Å². The van der Waals surface area contributed by atoms with Crippen LogP contribution in [-0.4, -0.2) is 43.3 Å². The summed E-state index contributed by atoms with van der Waals surface area (Å²) < 4.78 is 5.95. The van der Waals surface area contributed by atoms with Crippen LogP contribution < -0.4 is 10.6 Å². The molecule has 2 rings (SSSR count). The monoisotopic (exact) mass is 460 g/mol. The quantitative estimate of drug-likeness (QED) is 0.355.